The minimum atomic E-state index is 0. The van der Waals surface area contributed by atoms with Crippen molar-refractivity contribution in [1.29, 1.82) is 0 Å². The average Bonchev–Trinajstić information content (AvgIpc) is 3.20. The summed E-state index contributed by atoms with van der Waals surface area (Å²) in [6.45, 7) is 4.16. The lowest BCUT2D eigenvalue weighted by atomic mass is 9.99. The van der Waals surface area contributed by atoms with E-state index in [0.717, 1.165) is 31.7 Å². The van der Waals surface area contributed by atoms with Gasteiger partial charge in [-0.25, -0.2) is 0 Å². The van der Waals surface area contributed by atoms with Gasteiger partial charge in [-0.05, 0) is 37.0 Å². The van der Waals surface area contributed by atoms with E-state index in [1.807, 2.05) is 6.07 Å². The van der Waals surface area contributed by atoms with Gasteiger partial charge in [-0.15, -0.1) is 24.8 Å². The molecule has 1 aliphatic heterocycles. The summed E-state index contributed by atoms with van der Waals surface area (Å²) in [7, 11) is 0. The zero-order valence-corrected chi connectivity index (χ0v) is 13.6. The standard InChI is InChI=1S/C14H19ClN2O.2ClH/c15-11-3-4-13(18)12(9-11)14(10-1-2-10)17-7-5-16-6-8-17;;/h3-4,9-10,14,16,18H,1-2,5-8H2;2*1H/t14-;;/m1../s1. The monoisotopic (exact) mass is 338 g/mol. The van der Waals surface area contributed by atoms with Crippen LogP contribution in [0.25, 0.3) is 0 Å². The molecule has 1 atom stereocenters. The lowest BCUT2D eigenvalue weighted by Crippen LogP contribution is -2.45. The summed E-state index contributed by atoms with van der Waals surface area (Å²) >= 11 is 6.08. The van der Waals surface area contributed by atoms with Crippen LogP contribution in [-0.4, -0.2) is 36.2 Å². The van der Waals surface area contributed by atoms with Gasteiger partial charge in [0.05, 0.1) is 0 Å². The normalized spacial score (nSPS) is 20.6. The Morgan fingerprint density at radius 1 is 1.20 bits per heavy atom. The van der Waals surface area contributed by atoms with Crippen LogP contribution in [0.4, 0.5) is 0 Å². The molecule has 1 saturated heterocycles. The van der Waals surface area contributed by atoms with E-state index in [0.29, 0.717) is 22.7 Å². The second-order valence-electron chi connectivity index (χ2n) is 5.27. The van der Waals surface area contributed by atoms with Crippen LogP contribution >= 0.6 is 36.4 Å². The van der Waals surface area contributed by atoms with Crippen molar-refractivity contribution in [1.82, 2.24) is 10.2 Å². The molecule has 20 heavy (non-hydrogen) atoms. The predicted octanol–water partition coefficient (Wildman–Crippen LogP) is 3.25. The van der Waals surface area contributed by atoms with Crippen molar-refractivity contribution in [3.05, 3.63) is 28.8 Å². The Morgan fingerprint density at radius 3 is 2.45 bits per heavy atom. The highest BCUT2D eigenvalue weighted by atomic mass is 35.5. The second-order valence-corrected chi connectivity index (χ2v) is 5.71. The number of phenolic OH excluding ortho intramolecular Hbond substituents is 1. The smallest absolute Gasteiger partial charge is 0.120 e. The minimum absolute atomic E-state index is 0. The van der Waals surface area contributed by atoms with Crippen molar-refractivity contribution < 1.29 is 5.11 Å². The Balaban J connectivity index is 0.000001000. The maximum atomic E-state index is 10.1. The van der Waals surface area contributed by atoms with E-state index < -0.39 is 0 Å². The third-order valence-corrected chi connectivity index (χ3v) is 4.16. The first-order chi connectivity index (χ1) is 8.75. The molecule has 0 aromatic heterocycles. The molecule has 2 aliphatic rings. The van der Waals surface area contributed by atoms with Gasteiger partial charge in [-0.3, -0.25) is 4.90 Å². The van der Waals surface area contributed by atoms with Crippen LogP contribution in [0, 0.1) is 5.92 Å². The number of hydrogen-bond donors (Lipinski definition) is 2. The molecule has 0 radical (unpaired) electrons. The molecule has 0 spiro atoms. The van der Waals surface area contributed by atoms with E-state index in [-0.39, 0.29) is 24.8 Å². The Bertz CT molecular complexity index is 434. The maximum Gasteiger partial charge on any atom is 0.120 e. The molecule has 1 aromatic carbocycles. The van der Waals surface area contributed by atoms with Gasteiger partial charge < -0.3 is 10.4 Å². The van der Waals surface area contributed by atoms with Crippen molar-refractivity contribution in [2.24, 2.45) is 5.92 Å². The van der Waals surface area contributed by atoms with Crippen LogP contribution in [-0.2, 0) is 0 Å². The Kier molecular flexibility index (Phi) is 6.89. The summed E-state index contributed by atoms with van der Waals surface area (Å²) in [5.74, 6) is 1.07. The van der Waals surface area contributed by atoms with Crippen LogP contribution in [0.5, 0.6) is 5.75 Å². The number of piperazine rings is 1. The van der Waals surface area contributed by atoms with Crippen molar-refractivity contribution in [3.63, 3.8) is 0 Å². The van der Waals surface area contributed by atoms with Crippen LogP contribution in [0.1, 0.15) is 24.4 Å². The van der Waals surface area contributed by atoms with Crippen molar-refractivity contribution in [3.8, 4) is 5.75 Å². The quantitative estimate of drug-likeness (QED) is 0.887. The molecule has 2 fully saturated rings. The molecular weight excluding hydrogens is 319 g/mol. The zero-order chi connectivity index (χ0) is 12.5. The molecule has 0 unspecified atom stereocenters. The first-order valence-corrected chi connectivity index (χ1v) is 7.06. The average molecular weight is 340 g/mol. The first-order valence-electron chi connectivity index (χ1n) is 6.69. The van der Waals surface area contributed by atoms with Gasteiger partial charge >= 0.3 is 0 Å². The summed E-state index contributed by atoms with van der Waals surface area (Å²) < 4.78 is 0. The van der Waals surface area contributed by atoms with Gasteiger partial charge in [0.2, 0.25) is 0 Å². The van der Waals surface area contributed by atoms with E-state index in [1.165, 1.54) is 12.8 Å². The summed E-state index contributed by atoms with van der Waals surface area (Å²) in [6.07, 6.45) is 2.53. The fourth-order valence-electron chi connectivity index (χ4n) is 2.88. The lowest BCUT2D eigenvalue weighted by molar-refractivity contribution is 0.153. The Hall–Kier alpha value is -0.190. The third kappa shape index (κ3) is 3.92. The van der Waals surface area contributed by atoms with E-state index in [4.69, 9.17) is 11.6 Å². The van der Waals surface area contributed by atoms with Crippen LogP contribution in [0.15, 0.2) is 18.2 Å². The van der Waals surface area contributed by atoms with Gasteiger partial charge in [0.15, 0.2) is 0 Å². The van der Waals surface area contributed by atoms with Gasteiger partial charge in [0, 0.05) is 42.8 Å². The second kappa shape index (κ2) is 7.71. The molecular formula is C14H21Cl3N2O. The molecule has 3 rings (SSSR count). The SMILES string of the molecule is Cl.Cl.Oc1ccc(Cl)cc1[C@@H](C1CC1)N1CCNCC1. The highest BCUT2D eigenvalue weighted by molar-refractivity contribution is 6.30. The fraction of sp³-hybridized carbons (Fsp3) is 0.571. The highest BCUT2D eigenvalue weighted by Crippen LogP contribution is 2.47. The Morgan fingerprint density at radius 2 is 1.85 bits per heavy atom. The topological polar surface area (TPSA) is 35.5 Å². The summed E-state index contributed by atoms with van der Waals surface area (Å²) in [4.78, 5) is 2.49. The van der Waals surface area contributed by atoms with E-state index >= 15 is 0 Å². The van der Waals surface area contributed by atoms with Gasteiger partial charge in [0.1, 0.15) is 5.75 Å². The predicted molar refractivity (Wildman–Crippen MR) is 87.5 cm³/mol. The minimum Gasteiger partial charge on any atom is -0.508 e. The molecule has 0 bridgehead atoms. The molecule has 2 N–H and O–H groups in total. The number of nitrogens with one attached hydrogen (secondary N) is 1. The number of rotatable bonds is 3. The number of hydrogen-bond acceptors (Lipinski definition) is 3. The molecule has 114 valence electrons. The molecule has 1 aliphatic carbocycles. The van der Waals surface area contributed by atoms with Gasteiger partial charge in [-0.1, -0.05) is 11.6 Å². The fourth-order valence-corrected chi connectivity index (χ4v) is 3.06. The number of nitrogens with zero attached hydrogens (tertiary/aromatic N) is 1. The first kappa shape index (κ1) is 17.9. The van der Waals surface area contributed by atoms with Crippen molar-refractivity contribution in [2.75, 3.05) is 26.2 Å². The maximum absolute atomic E-state index is 10.1. The Labute approximate surface area is 137 Å². The van der Waals surface area contributed by atoms with E-state index in [9.17, 15) is 5.11 Å². The number of phenols is 1. The molecule has 6 heteroatoms. The van der Waals surface area contributed by atoms with E-state index in [2.05, 4.69) is 10.2 Å². The molecule has 1 heterocycles. The summed E-state index contributed by atoms with van der Waals surface area (Å²) in [5, 5.41) is 14.2. The highest BCUT2D eigenvalue weighted by Gasteiger charge is 2.38. The summed E-state index contributed by atoms with van der Waals surface area (Å²) in [6, 6.07) is 5.74. The zero-order valence-electron chi connectivity index (χ0n) is 11.2. The molecule has 3 nitrogen and oxygen atoms in total. The number of benzene rings is 1. The summed E-state index contributed by atoms with van der Waals surface area (Å²) in [5.41, 5.74) is 1.01. The van der Waals surface area contributed by atoms with Crippen molar-refractivity contribution in [2.45, 2.75) is 18.9 Å². The van der Waals surface area contributed by atoms with Gasteiger partial charge in [-0.2, -0.15) is 0 Å². The largest absolute Gasteiger partial charge is 0.508 e. The molecule has 0 amide bonds. The van der Waals surface area contributed by atoms with Crippen LogP contribution < -0.4 is 5.32 Å². The lowest BCUT2D eigenvalue weighted by Gasteiger charge is -2.35. The van der Waals surface area contributed by atoms with Crippen LogP contribution in [0.2, 0.25) is 5.02 Å². The molecule has 1 saturated carbocycles. The van der Waals surface area contributed by atoms with E-state index in [1.54, 1.807) is 12.1 Å². The van der Waals surface area contributed by atoms with Gasteiger partial charge in [0.25, 0.3) is 0 Å². The number of aromatic hydroxyl groups is 1. The van der Waals surface area contributed by atoms with Crippen LogP contribution in [0.3, 0.4) is 0 Å². The number of halogens is 3. The van der Waals surface area contributed by atoms with Crippen molar-refractivity contribution >= 4 is 36.4 Å². The molecule has 1 aromatic rings. The third-order valence-electron chi connectivity index (χ3n) is 3.92.